The van der Waals surface area contributed by atoms with Crippen LogP contribution in [-0.4, -0.2) is 7.05 Å². The summed E-state index contributed by atoms with van der Waals surface area (Å²) in [5, 5.41) is 0. The molecule has 0 unspecified atom stereocenters. The van der Waals surface area contributed by atoms with Gasteiger partial charge >= 0.3 is 0 Å². The van der Waals surface area contributed by atoms with Gasteiger partial charge in [-0.15, -0.1) is 0 Å². The smallest absolute Gasteiger partial charge is 0.0416 e. The van der Waals surface area contributed by atoms with Crippen molar-refractivity contribution in [1.82, 2.24) is 0 Å². The Labute approximate surface area is 99.2 Å². The van der Waals surface area contributed by atoms with Crippen LogP contribution in [0.5, 0.6) is 0 Å². The van der Waals surface area contributed by atoms with Crippen LogP contribution in [0.1, 0.15) is 12.8 Å². The molecule has 1 aliphatic rings. The molecule has 0 aliphatic heterocycles. The molecule has 2 heteroatoms. The quantitative estimate of drug-likeness (QED) is 0.776. The second-order valence-electron chi connectivity index (χ2n) is 3.66. The highest BCUT2D eigenvalue weighted by molar-refractivity contribution is 9.10. The summed E-state index contributed by atoms with van der Waals surface area (Å²) >= 11 is 3.49. The Morgan fingerprint density at radius 3 is 2.87 bits per heavy atom. The summed E-state index contributed by atoms with van der Waals surface area (Å²) in [6.45, 7) is 0. The van der Waals surface area contributed by atoms with Crippen LogP contribution >= 0.6 is 15.9 Å². The number of nitrogens with zero attached hydrogens (tertiary/aromatic N) is 1. The fourth-order valence-corrected chi connectivity index (χ4v) is 2.11. The van der Waals surface area contributed by atoms with Crippen LogP contribution in [0, 0.1) is 0 Å². The van der Waals surface area contributed by atoms with Gasteiger partial charge in [0.2, 0.25) is 0 Å². The first-order valence-corrected chi connectivity index (χ1v) is 5.91. The van der Waals surface area contributed by atoms with Crippen LogP contribution in [0.2, 0.25) is 0 Å². The molecule has 15 heavy (non-hydrogen) atoms. The van der Waals surface area contributed by atoms with E-state index in [9.17, 15) is 0 Å². The minimum absolute atomic E-state index is 1.12. The van der Waals surface area contributed by atoms with Crippen molar-refractivity contribution in [1.29, 1.82) is 0 Å². The number of allylic oxidation sites excluding steroid dienone is 4. The van der Waals surface area contributed by atoms with Gasteiger partial charge in [-0.25, -0.2) is 0 Å². The van der Waals surface area contributed by atoms with Crippen LogP contribution in [0.25, 0.3) is 0 Å². The second kappa shape index (κ2) is 4.67. The van der Waals surface area contributed by atoms with Crippen molar-refractivity contribution >= 4 is 21.6 Å². The molecule has 78 valence electrons. The third-order valence-corrected chi connectivity index (χ3v) is 3.11. The van der Waals surface area contributed by atoms with Gasteiger partial charge in [-0.3, -0.25) is 0 Å². The number of anilines is 1. The third-order valence-electron chi connectivity index (χ3n) is 2.62. The Morgan fingerprint density at radius 2 is 2.20 bits per heavy atom. The third kappa shape index (κ3) is 2.51. The Balaban J connectivity index is 2.23. The van der Waals surface area contributed by atoms with Crippen molar-refractivity contribution < 1.29 is 0 Å². The average molecular weight is 264 g/mol. The Hall–Kier alpha value is -1.02. The van der Waals surface area contributed by atoms with E-state index < -0.39 is 0 Å². The van der Waals surface area contributed by atoms with E-state index in [0.29, 0.717) is 0 Å². The topological polar surface area (TPSA) is 3.24 Å². The molecule has 0 atom stereocenters. The van der Waals surface area contributed by atoms with Gasteiger partial charge in [0.15, 0.2) is 0 Å². The van der Waals surface area contributed by atoms with E-state index in [1.54, 1.807) is 0 Å². The molecule has 1 nitrogen and oxygen atoms in total. The summed E-state index contributed by atoms with van der Waals surface area (Å²) < 4.78 is 1.12. The predicted molar refractivity (Wildman–Crippen MR) is 69.0 cm³/mol. The van der Waals surface area contributed by atoms with E-state index in [4.69, 9.17) is 0 Å². The highest BCUT2D eigenvalue weighted by Crippen LogP contribution is 2.25. The van der Waals surface area contributed by atoms with Gasteiger partial charge in [0.05, 0.1) is 0 Å². The number of hydrogen-bond acceptors (Lipinski definition) is 1. The van der Waals surface area contributed by atoms with Crippen LogP contribution < -0.4 is 4.90 Å². The van der Waals surface area contributed by atoms with Gasteiger partial charge in [-0.1, -0.05) is 34.1 Å². The monoisotopic (exact) mass is 263 g/mol. The zero-order chi connectivity index (χ0) is 10.7. The lowest BCUT2D eigenvalue weighted by Crippen LogP contribution is -2.16. The fraction of sp³-hybridized carbons (Fsp3) is 0.231. The molecule has 1 aliphatic carbocycles. The molecule has 0 radical (unpaired) electrons. The first-order chi connectivity index (χ1) is 7.27. The second-order valence-corrected chi connectivity index (χ2v) is 4.58. The van der Waals surface area contributed by atoms with Crippen molar-refractivity contribution in [3.63, 3.8) is 0 Å². The van der Waals surface area contributed by atoms with E-state index >= 15 is 0 Å². The van der Waals surface area contributed by atoms with Gasteiger partial charge in [-0.2, -0.15) is 0 Å². The molecule has 1 aromatic rings. The van der Waals surface area contributed by atoms with E-state index in [2.05, 4.69) is 64.3 Å². The van der Waals surface area contributed by atoms with Gasteiger partial charge in [-0.05, 0) is 37.1 Å². The Kier molecular flexibility index (Phi) is 3.27. The normalized spacial score (nSPS) is 14.9. The number of rotatable bonds is 2. The molecule has 0 N–H and O–H groups in total. The number of halogens is 1. The minimum Gasteiger partial charge on any atom is -0.348 e. The maximum Gasteiger partial charge on any atom is 0.0416 e. The minimum atomic E-state index is 1.12. The summed E-state index contributed by atoms with van der Waals surface area (Å²) in [6, 6.07) is 8.38. The van der Waals surface area contributed by atoms with Crippen LogP contribution in [-0.2, 0) is 0 Å². The van der Waals surface area contributed by atoms with E-state index in [1.807, 2.05) is 6.07 Å². The van der Waals surface area contributed by atoms with Gasteiger partial charge in [0.1, 0.15) is 0 Å². The van der Waals surface area contributed by atoms with Crippen molar-refractivity contribution in [2.24, 2.45) is 0 Å². The van der Waals surface area contributed by atoms with Crippen LogP contribution in [0.15, 0.2) is 52.7 Å². The largest absolute Gasteiger partial charge is 0.348 e. The molecule has 0 heterocycles. The summed E-state index contributed by atoms with van der Waals surface area (Å²) in [5.41, 5.74) is 2.60. The lowest BCUT2D eigenvalue weighted by atomic mass is 10.1. The van der Waals surface area contributed by atoms with Crippen LogP contribution in [0.3, 0.4) is 0 Å². The molecule has 1 aromatic carbocycles. The van der Waals surface area contributed by atoms with E-state index in [1.165, 1.54) is 11.4 Å². The molecule has 0 amide bonds. The van der Waals surface area contributed by atoms with Gasteiger partial charge in [0, 0.05) is 22.9 Å². The fourth-order valence-electron chi connectivity index (χ4n) is 1.72. The molecular formula is C13H14BrN. The Morgan fingerprint density at radius 1 is 1.33 bits per heavy atom. The predicted octanol–water partition coefficient (Wildman–Crippen LogP) is 4.12. The molecule has 0 aromatic heterocycles. The van der Waals surface area contributed by atoms with Gasteiger partial charge in [0.25, 0.3) is 0 Å². The first-order valence-electron chi connectivity index (χ1n) is 5.12. The zero-order valence-corrected chi connectivity index (χ0v) is 10.4. The molecule has 2 rings (SSSR count). The molecule has 0 spiro atoms. The SMILES string of the molecule is CN(C1=CC=CCC1)c1cccc(Br)c1. The summed E-state index contributed by atoms with van der Waals surface area (Å²) in [7, 11) is 2.12. The number of hydrogen-bond donors (Lipinski definition) is 0. The van der Waals surface area contributed by atoms with E-state index in [0.717, 1.165) is 17.3 Å². The number of benzene rings is 1. The zero-order valence-electron chi connectivity index (χ0n) is 8.78. The maximum atomic E-state index is 3.49. The molecule has 0 fully saturated rings. The Bertz CT molecular complexity index is 407. The molecule has 0 saturated heterocycles. The summed E-state index contributed by atoms with van der Waals surface area (Å²) in [5.74, 6) is 0. The molecular weight excluding hydrogens is 250 g/mol. The van der Waals surface area contributed by atoms with Crippen molar-refractivity contribution in [2.75, 3.05) is 11.9 Å². The molecule has 0 bridgehead atoms. The van der Waals surface area contributed by atoms with E-state index in [-0.39, 0.29) is 0 Å². The maximum absolute atomic E-state index is 3.49. The highest BCUT2D eigenvalue weighted by Gasteiger charge is 2.07. The standard InChI is InChI=1S/C13H14BrN/c1-15(12-7-3-2-4-8-12)13-9-5-6-11(14)10-13/h2-3,5-7,9-10H,4,8H2,1H3. The lowest BCUT2D eigenvalue weighted by molar-refractivity contribution is 0.896. The van der Waals surface area contributed by atoms with Gasteiger partial charge < -0.3 is 4.90 Å². The van der Waals surface area contributed by atoms with Crippen molar-refractivity contribution in [3.05, 3.63) is 52.7 Å². The lowest BCUT2D eigenvalue weighted by Gasteiger charge is -2.24. The highest BCUT2D eigenvalue weighted by atomic mass is 79.9. The first kappa shape index (κ1) is 10.5. The van der Waals surface area contributed by atoms with Crippen LogP contribution in [0.4, 0.5) is 5.69 Å². The summed E-state index contributed by atoms with van der Waals surface area (Å²) in [4.78, 5) is 2.24. The van der Waals surface area contributed by atoms with Crippen molar-refractivity contribution in [2.45, 2.75) is 12.8 Å². The average Bonchev–Trinajstić information content (AvgIpc) is 2.29. The summed E-state index contributed by atoms with van der Waals surface area (Å²) in [6.07, 6.45) is 8.79. The molecule has 0 saturated carbocycles. The van der Waals surface area contributed by atoms with Crippen molar-refractivity contribution in [3.8, 4) is 0 Å².